The molecule has 1 amide bonds. The van der Waals surface area contributed by atoms with Crippen LogP contribution in [0.2, 0.25) is 0 Å². The van der Waals surface area contributed by atoms with Crippen molar-refractivity contribution in [3.8, 4) is 11.5 Å². The van der Waals surface area contributed by atoms with Crippen molar-refractivity contribution in [2.45, 2.75) is 45.8 Å². The lowest BCUT2D eigenvalue weighted by molar-refractivity contribution is -0.118. The average molecular weight is 346 g/mol. The number of nitrogens with zero attached hydrogens (tertiary/aromatic N) is 1. The molecule has 0 saturated heterocycles. The molecule has 1 heterocycles. The first-order valence-electron chi connectivity index (χ1n) is 8.54. The smallest absolute Gasteiger partial charge is 0.230 e. The number of amides is 1. The van der Waals surface area contributed by atoms with Gasteiger partial charge < -0.3 is 9.73 Å². The number of rotatable bonds is 9. The van der Waals surface area contributed by atoms with E-state index in [0.29, 0.717) is 17.4 Å². The number of nitrogens with one attached hydrogen (secondary N) is 1. The Balaban J connectivity index is 1.88. The Kier molecular flexibility index (Phi) is 7.37. The highest BCUT2D eigenvalue weighted by Gasteiger charge is 2.12. The van der Waals surface area contributed by atoms with Gasteiger partial charge in [-0.2, -0.15) is 0 Å². The van der Waals surface area contributed by atoms with Gasteiger partial charge in [0, 0.05) is 17.9 Å². The SMILES string of the molecule is CCCCNC(=O)CSCc1nc(-c2ccc(CC)cc2)oc1C. The molecule has 1 aromatic carbocycles. The van der Waals surface area contributed by atoms with Gasteiger partial charge in [-0.1, -0.05) is 32.4 Å². The van der Waals surface area contributed by atoms with Gasteiger partial charge in [-0.25, -0.2) is 4.98 Å². The summed E-state index contributed by atoms with van der Waals surface area (Å²) >= 11 is 1.57. The minimum Gasteiger partial charge on any atom is -0.441 e. The van der Waals surface area contributed by atoms with Gasteiger partial charge in [0.15, 0.2) is 0 Å². The zero-order valence-electron chi connectivity index (χ0n) is 14.7. The second-order valence-corrected chi connectivity index (χ2v) is 6.75. The standard InChI is InChI=1S/C19H26N2O2S/c1-4-6-11-20-18(22)13-24-12-17-14(3)23-19(21-17)16-9-7-15(5-2)8-10-16/h7-10H,4-6,11-13H2,1-3H3,(H,20,22). The van der Waals surface area contributed by atoms with Crippen molar-refractivity contribution >= 4 is 17.7 Å². The van der Waals surface area contributed by atoms with E-state index >= 15 is 0 Å². The molecule has 0 spiro atoms. The normalized spacial score (nSPS) is 10.8. The molecule has 0 aliphatic carbocycles. The molecule has 0 bridgehead atoms. The molecule has 5 heteroatoms. The Morgan fingerprint density at radius 1 is 1.25 bits per heavy atom. The highest BCUT2D eigenvalue weighted by atomic mass is 32.2. The lowest BCUT2D eigenvalue weighted by Gasteiger charge is -2.03. The monoisotopic (exact) mass is 346 g/mol. The molecule has 0 aliphatic rings. The van der Waals surface area contributed by atoms with Gasteiger partial charge >= 0.3 is 0 Å². The second kappa shape index (κ2) is 9.52. The van der Waals surface area contributed by atoms with E-state index in [0.717, 1.165) is 42.8 Å². The minimum atomic E-state index is 0.0879. The van der Waals surface area contributed by atoms with Crippen LogP contribution in [0, 0.1) is 6.92 Å². The fourth-order valence-electron chi connectivity index (χ4n) is 2.26. The predicted molar refractivity (Wildman–Crippen MR) is 100 cm³/mol. The number of carbonyl (C=O) groups excluding carboxylic acids is 1. The molecule has 0 saturated carbocycles. The highest BCUT2D eigenvalue weighted by molar-refractivity contribution is 7.99. The van der Waals surface area contributed by atoms with Gasteiger partial charge in [0.25, 0.3) is 0 Å². The summed E-state index contributed by atoms with van der Waals surface area (Å²) < 4.78 is 5.79. The number of benzene rings is 1. The Morgan fingerprint density at radius 3 is 2.67 bits per heavy atom. The molecule has 0 atom stereocenters. The van der Waals surface area contributed by atoms with E-state index in [1.807, 2.05) is 19.1 Å². The molecular formula is C19H26N2O2S. The third-order valence-corrected chi connectivity index (χ3v) is 4.77. The topological polar surface area (TPSA) is 55.1 Å². The van der Waals surface area contributed by atoms with Crippen LogP contribution in [-0.4, -0.2) is 23.2 Å². The van der Waals surface area contributed by atoms with E-state index in [2.05, 4.69) is 36.3 Å². The molecule has 1 aromatic heterocycles. The van der Waals surface area contributed by atoms with Crippen molar-refractivity contribution < 1.29 is 9.21 Å². The Bertz CT molecular complexity index is 650. The maximum Gasteiger partial charge on any atom is 0.230 e. The van der Waals surface area contributed by atoms with E-state index < -0.39 is 0 Å². The quantitative estimate of drug-likeness (QED) is 0.685. The van der Waals surface area contributed by atoms with E-state index in [1.54, 1.807) is 11.8 Å². The number of aryl methyl sites for hydroxylation is 2. The number of hydrogen-bond donors (Lipinski definition) is 1. The summed E-state index contributed by atoms with van der Waals surface area (Å²) in [6.45, 7) is 6.94. The van der Waals surface area contributed by atoms with E-state index in [-0.39, 0.29) is 5.91 Å². The molecule has 24 heavy (non-hydrogen) atoms. The molecule has 4 nitrogen and oxygen atoms in total. The highest BCUT2D eigenvalue weighted by Crippen LogP contribution is 2.24. The largest absolute Gasteiger partial charge is 0.441 e. The van der Waals surface area contributed by atoms with Crippen molar-refractivity contribution in [1.82, 2.24) is 10.3 Å². The lowest BCUT2D eigenvalue weighted by atomic mass is 10.1. The van der Waals surface area contributed by atoms with Crippen molar-refractivity contribution in [2.24, 2.45) is 0 Å². The Morgan fingerprint density at radius 2 is 2.00 bits per heavy atom. The average Bonchev–Trinajstić information content (AvgIpc) is 2.96. The molecule has 1 N–H and O–H groups in total. The van der Waals surface area contributed by atoms with Gasteiger partial charge in [0.1, 0.15) is 5.76 Å². The number of unbranched alkanes of at least 4 members (excludes halogenated alkanes) is 1. The molecule has 2 rings (SSSR count). The van der Waals surface area contributed by atoms with Crippen LogP contribution in [0.3, 0.4) is 0 Å². The molecule has 0 aliphatic heterocycles. The summed E-state index contributed by atoms with van der Waals surface area (Å²) in [5.74, 6) is 2.70. The molecule has 130 valence electrons. The van der Waals surface area contributed by atoms with Crippen LogP contribution in [0.4, 0.5) is 0 Å². The fraction of sp³-hybridized carbons (Fsp3) is 0.474. The van der Waals surface area contributed by atoms with Gasteiger partial charge in [0.2, 0.25) is 11.8 Å². The molecule has 0 unspecified atom stereocenters. The third-order valence-electron chi connectivity index (χ3n) is 3.83. The number of thioether (sulfide) groups is 1. The minimum absolute atomic E-state index is 0.0879. The Labute approximate surface area is 148 Å². The Hall–Kier alpha value is -1.75. The summed E-state index contributed by atoms with van der Waals surface area (Å²) in [7, 11) is 0. The first-order chi connectivity index (χ1) is 11.6. The summed E-state index contributed by atoms with van der Waals surface area (Å²) in [5.41, 5.74) is 3.20. The summed E-state index contributed by atoms with van der Waals surface area (Å²) in [5, 5.41) is 2.92. The van der Waals surface area contributed by atoms with Crippen molar-refractivity contribution in [3.63, 3.8) is 0 Å². The van der Waals surface area contributed by atoms with Crippen molar-refractivity contribution in [3.05, 3.63) is 41.3 Å². The summed E-state index contributed by atoms with van der Waals surface area (Å²) in [6, 6.07) is 8.29. The first-order valence-corrected chi connectivity index (χ1v) is 9.69. The maximum absolute atomic E-state index is 11.7. The summed E-state index contributed by atoms with van der Waals surface area (Å²) in [6.07, 6.45) is 3.14. The molecule has 0 fully saturated rings. The number of carbonyl (C=O) groups is 1. The van der Waals surface area contributed by atoms with Gasteiger partial charge in [-0.05, 0) is 37.5 Å². The van der Waals surface area contributed by atoms with E-state index in [9.17, 15) is 4.79 Å². The van der Waals surface area contributed by atoms with Crippen LogP contribution >= 0.6 is 11.8 Å². The maximum atomic E-state index is 11.7. The van der Waals surface area contributed by atoms with Gasteiger partial charge in [-0.15, -0.1) is 11.8 Å². The number of hydrogen-bond acceptors (Lipinski definition) is 4. The van der Waals surface area contributed by atoms with Gasteiger partial charge in [0.05, 0.1) is 11.4 Å². The summed E-state index contributed by atoms with van der Waals surface area (Å²) in [4.78, 5) is 16.3. The fourth-order valence-corrected chi connectivity index (χ4v) is 3.12. The van der Waals surface area contributed by atoms with Crippen LogP contribution in [0.25, 0.3) is 11.5 Å². The van der Waals surface area contributed by atoms with Crippen LogP contribution < -0.4 is 5.32 Å². The first kappa shape index (κ1) is 18.6. The lowest BCUT2D eigenvalue weighted by Crippen LogP contribution is -2.26. The van der Waals surface area contributed by atoms with Crippen LogP contribution in [0.1, 0.15) is 43.7 Å². The van der Waals surface area contributed by atoms with Crippen LogP contribution in [0.5, 0.6) is 0 Å². The van der Waals surface area contributed by atoms with Gasteiger partial charge in [-0.3, -0.25) is 4.79 Å². The van der Waals surface area contributed by atoms with Crippen molar-refractivity contribution in [1.29, 1.82) is 0 Å². The van der Waals surface area contributed by atoms with Crippen LogP contribution in [0.15, 0.2) is 28.7 Å². The molecule has 0 radical (unpaired) electrons. The second-order valence-electron chi connectivity index (χ2n) is 5.77. The van der Waals surface area contributed by atoms with E-state index in [4.69, 9.17) is 4.42 Å². The number of oxazole rings is 1. The predicted octanol–water partition coefficient (Wildman–Crippen LogP) is 4.36. The number of aromatic nitrogens is 1. The van der Waals surface area contributed by atoms with Crippen LogP contribution in [-0.2, 0) is 17.0 Å². The zero-order valence-corrected chi connectivity index (χ0v) is 15.5. The van der Waals surface area contributed by atoms with E-state index in [1.165, 1.54) is 5.56 Å². The van der Waals surface area contributed by atoms with Crippen molar-refractivity contribution in [2.75, 3.05) is 12.3 Å². The molecule has 2 aromatic rings. The third kappa shape index (κ3) is 5.41. The molecular weight excluding hydrogens is 320 g/mol. The zero-order chi connectivity index (χ0) is 17.4.